The number of aryl methyl sites for hydroxylation is 1. The Bertz CT molecular complexity index is 898. The number of imidazole rings is 1. The van der Waals surface area contributed by atoms with E-state index in [1.165, 1.54) is 5.56 Å². The minimum atomic E-state index is -0.0910. The Balaban J connectivity index is 1.79. The summed E-state index contributed by atoms with van der Waals surface area (Å²) in [5.41, 5.74) is 4.71. The third-order valence-electron chi connectivity index (χ3n) is 4.24. The van der Waals surface area contributed by atoms with Crippen molar-refractivity contribution < 1.29 is 4.79 Å². The number of amides is 1. The number of nitrogens with one attached hydrogen (secondary N) is 1. The SMILES string of the molecule is Cc1ccccc1CNC(=O)c1ccccc1-n1cnc(CN(C)C)c1. The largest absolute Gasteiger partial charge is 0.348 e. The number of benzene rings is 2. The van der Waals surface area contributed by atoms with Gasteiger partial charge in [-0.25, -0.2) is 4.98 Å². The topological polar surface area (TPSA) is 50.2 Å². The average molecular weight is 348 g/mol. The van der Waals surface area contributed by atoms with Gasteiger partial charge in [-0.1, -0.05) is 36.4 Å². The molecule has 3 rings (SSSR count). The van der Waals surface area contributed by atoms with Crippen LogP contribution in [0.2, 0.25) is 0 Å². The van der Waals surface area contributed by atoms with E-state index in [0.29, 0.717) is 12.1 Å². The molecule has 0 saturated heterocycles. The van der Waals surface area contributed by atoms with Crippen molar-refractivity contribution >= 4 is 5.91 Å². The van der Waals surface area contributed by atoms with Crippen molar-refractivity contribution in [3.8, 4) is 5.69 Å². The van der Waals surface area contributed by atoms with Crippen LogP contribution in [0.15, 0.2) is 61.1 Å². The zero-order chi connectivity index (χ0) is 18.5. The van der Waals surface area contributed by atoms with Gasteiger partial charge in [-0.2, -0.15) is 0 Å². The molecular weight excluding hydrogens is 324 g/mol. The number of carbonyl (C=O) groups excluding carboxylic acids is 1. The Morgan fingerprint density at radius 2 is 1.85 bits per heavy atom. The van der Waals surface area contributed by atoms with E-state index in [4.69, 9.17) is 0 Å². The number of hydrogen-bond donors (Lipinski definition) is 1. The average Bonchev–Trinajstić information content (AvgIpc) is 3.08. The van der Waals surface area contributed by atoms with Crippen LogP contribution in [0.3, 0.4) is 0 Å². The fourth-order valence-electron chi connectivity index (χ4n) is 2.87. The molecule has 5 heteroatoms. The molecule has 1 amide bonds. The van der Waals surface area contributed by atoms with E-state index >= 15 is 0 Å². The highest BCUT2D eigenvalue weighted by atomic mass is 16.1. The number of carbonyl (C=O) groups is 1. The van der Waals surface area contributed by atoms with Crippen molar-refractivity contribution in [2.45, 2.75) is 20.0 Å². The standard InChI is InChI=1S/C21H24N4O/c1-16-8-4-5-9-17(16)12-22-21(26)19-10-6-7-11-20(19)25-14-18(23-15-25)13-24(2)3/h4-11,14-15H,12-13H2,1-3H3,(H,22,26). The number of aromatic nitrogens is 2. The summed E-state index contributed by atoms with van der Waals surface area (Å²) in [6.45, 7) is 3.32. The van der Waals surface area contributed by atoms with E-state index in [1.807, 2.05) is 80.3 Å². The maximum absolute atomic E-state index is 12.8. The fraction of sp³-hybridized carbons (Fsp3) is 0.238. The van der Waals surface area contributed by atoms with Gasteiger partial charge in [0.2, 0.25) is 0 Å². The van der Waals surface area contributed by atoms with Crippen molar-refractivity contribution in [3.05, 3.63) is 83.4 Å². The molecule has 0 aliphatic carbocycles. The van der Waals surface area contributed by atoms with Crippen molar-refractivity contribution in [1.29, 1.82) is 0 Å². The fourth-order valence-corrected chi connectivity index (χ4v) is 2.87. The third kappa shape index (κ3) is 4.18. The van der Waals surface area contributed by atoms with E-state index < -0.39 is 0 Å². The van der Waals surface area contributed by atoms with Gasteiger partial charge >= 0.3 is 0 Å². The van der Waals surface area contributed by atoms with Gasteiger partial charge in [-0.3, -0.25) is 4.79 Å². The molecule has 5 nitrogen and oxygen atoms in total. The lowest BCUT2D eigenvalue weighted by Crippen LogP contribution is -2.24. The smallest absolute Gasteiger partial charge is 0.253 e. The highest BCUT2D eigenvalue weighted by Crippen LogP contribution is 2.16. The lowest BCUT2D eigenvalue weighted by atomic mass is 10.1. The van der Waals surface area contributed by atoms with Gasteiger partial charge in [0.1, 0.15) is 0 Å². The van der Waals surface area contributed by atoms with Crippen LogP contribution in [0.25, 0.3) is 5.69 Å². The van der Waals surface area contributed by atoms with Crippen molar-refractivity contribution in [1.82, 2.24) is 19.8 Å². The molecule has 0 bridgehead atoms. The molecule has 0 spiro atoms. The van der Waals surface area contributed by atoms with Gasteiger partial charge in [0.15, 0.2) is 0 Å². The van der Waals surface area contributed by atoms with E-state index in [2.05, 4.69) is 15.2 Å². The number of para-hydroxylation sites is 1. The Hall–Kier alpha value is -2.92. The van der Waals surface area contributed by atoms with Crippen LogP contribution >= 0.6 is 0 Å². The van der Waals surface area contributed by atoms with E-state index in [-0.39, 0.29) is 5.91 Å². The molecule has 0 fully saturated rings. The Labute approximate surface area is 154 Å². The quantitative estimate of drug-likeness (QED) is 0.744. The first-order valence-corrected chi connectivity index (χ1v) is 8.64. The minimum Gasteiger partial charge on any atom is -0.348 e. The zero-order valence-corrected chi connectivity index (χ0v) is 15.4. The van der Waals surface area contributed by atoms with Crippen LogP contribution in [0.5, 0.6) is 0 Å². The molecule has 26 heavy (non-hydrogen) atoms. The molecule has 0 radical (unpaired) electrons. The predicted molar refractivity (Wildman–Crippen MR) is 103 cm³/mol. The Morgan fingerprint density at radius 1 is 1.12 bits per heavy atom. The lowest BCUT2D eigenvalue weighted by molar-refractivity contribution is 0.0951. The molecule has 0 aliphatic heterocycles. The molecule has 0 aliphatic rings. The number of hydrogen-bond acceptors (Lipinski definition) is 3. The molecule has 1 heterocycles. The highest BCUT2D eigenvalue weighted by Gasteiger charge is 2.13. The maximum atomic E-state index is 12.8. The van der Waals surface area contributed by atoms with Crippen LogP contribution < -0.4 is 5.32 Å². The first-order valence-electron chi connectivity index (χ1n) is 8.64. The summed E-state index contributed by atoms with van der Waals surface area (Å²) >= 11 is 0. The van der Waals surface area contributed by atoms with Gasteiger partial charge in [-0.15, -0.1) is 0 Å². The lowest BCUT2D eigenvalue weighted by Gasteiger charge is -2.12. The van der Waals surface area contributed by atoms with Gasteiger partial charge < -0.3 is 14.8 Å². The van der Waals surface area contributed by atoms with Gasteiger partial charge in [-0.05, 0) is 44.3 Å². The Kier molecular flexibility index (Phi) is 5.49. The summed E-state index contributed by atoms with van der Waals surface area (Å²) in [5.74, 6) is -0.0910. The second-order valence-corrected chi connectivity index (χ2v) is 6.64. The summed E-state index contributed by atoms with van der Waals surface area (Å²) in [6, 6.07) is 15.7. The van der Waals surface area contributed by atoms with Crippen molar-refractivity contribution in [2.24, 2.45) is 0 Å². The molecule has 134 valence electrons. The second kappa shape index (κ2) is 7.97. The highest BCUT2D eigenvalue weighted by molar-refractivity contribution is 5.97. The first-order chi connectivity index (χ1) is 12.5. The normalized spacial score (nSPS) is 10.9. The van der Waals surface area contributed by atoms with Crippen LogP contribution in [-0.2, 0) is 13.1 Å². The molecule has 2 aromatic carbocycles. The van der Waals surface area contributed by atoms with Gasteiger partial charge in [0.25, 0.3) is 5.91 Å². The summed E-state index contributed by atoms with van der Waals surface area (Å²) in [4.78, 5) is 19.2. The summed E-state index contributed by atoms with van der Waals surface area (Å²) in [6.07, 6.45) is 3.72. The van der Waals surface area contributed by atoms with Gasteiger partial charge in [0, 0.05) is 19.3 Å². The molecule has 1 aromatic heterocycles. The van der Waals surface area contributed by atoms with Crippen molar-refractivity contribution in [2.75, 3.05) is 14.1 Å². The first kappa shape index (κ1) is 17.9. The maximum Gasteiger partial charge on any atom is 0.253 e. The van der Waals surface area contributed by atoms with Crippen molar-refractivity contribution in [3.63, 3.8) is 0 Å². The summed E-state index contributed by atoms with van der Waals surface area (Å²) in [7, 11) is 4.01. The zero-order valence-electron chi connectivity index (χ0n) is 15.4. The predicted octanol–water partition coefficient (Wildman–Crippen LogP) is 3.17. The van der Waals surface area contributed by atoms with Crippen LogP contribution in [0.1, 0.15) is 27.2 Å². The van der Waals surface area contributed by atoms with E-state index in [0.717, 1.165) is 23.5 Å². The third-order valence-corrected chi connectivity index (χ3v) is 4.24. The minimum absolute atomic E-state index is 0.0910. The second-order valence-electron chi connectivity index (χ2n) is 6.64. The monoisotopic (exact) mass is 348 g/mol. The van der Waals surface area contributed by atoms with Crippen LogP contribution in [-0.4, -0.2) is 34.5 Å². The number of rotatable bonds is 6. The molecule has 1 N–H and O–H groups in total. The molecule has 0 atom stereocenters. The summed E-state index contributed by atoms with van der Waals surface area (Å²) < 4.78 is 1.90. The van der Waals surface area contributed by atoms with E-state index in [1.54, 1.807) is 6.33 Å². The molecular formula is C21H24N4O. The van der Waals surface area contributed by atoms with E-state index in [9.17, 15) is 4.79 Å². The van der Waals surface area contributed by atoms with Crippen LogP contribution in [0.4, 0.5) is 0 Å². The molecule has 0 saturated carbocycles. The molecule has 3 aromatic rings. The summed E-state index contributed by atoms with van der Waals surface area (Å²) in [5, 5.41) is 3.02. The molecule has 0 unspecified atom stereocenters. The van der Waals surface area contributed by atoms with Gasteiger partial charge in [0.05, 0.1) is 23.3 Å². The van der Waals surface area contributed by atoms with Crippen LogP contribution in [0, 0.1) is 6.92 Å². The number of nitrogens with zero attached hydrogens (tertiary/aromatic N) is 3. The Morgan fingerprint density at radius 3 is 2.62 bits per heavy atom.